The molecule has 0 radical (unpaired) electrons. The van der Waals surface area contributed by atoms with Gasteiger partial charge in [-0.2, -0.15) is 0 Å². The van der Waals surface area contributed by atoms with Gasteiger partial charge < -0.3 is 14.4 Å². The quantitative estimate of drug-likeness (QED) is 0.0474. The molecule has 0 aliphatic carbocycles. The van der Waals surface area contributed by atoms with Crippen molar-refractivity contribution < 1.29 is 14.4 Å². The molecule has 234 valence electrons. The number of allylic oxidation sites excluding steroid dienone is 2. The van der Waals surface area contributed by atoms with Gasteiger partial charge in [-0.05, 0) is 117 Å². The van der Waals surface area contributed by atoms with Crippen LogP contribution in [0.25, 0.3) is 0 Å². The van der Waals surface area contributed by atoms with E-state index in [-0.39, 0.29) is 6.42 Å². The van der Waals surface area contributed by atoms with Gasteiger partial charge in [0.25, 0.3) is 0 Å². The number of aliphatic carboxylic acids is 1. The summed E-state index contributed by atoms with van der Waals surface area (Å²) in [6, 6.07) is 0. The minimum atomic E-state index is -0.915. The molecule has 0 aromatic carbocycles. The van der Waals surface area contributed by atoms with Gasteiger partial charge in [0.15, 0.2) is 0 Å². The molecule has 0 saturated carbocycles. The first kappa shape index (κ1) is 41.8. The van der Waals surface area contributed by atoms with Crippen molar-refractivity contribution >= 4 is 51.2 Å². The number of quaternary nitrogens is 1. The van der Waals surface area contributed by atoms with E-state index in [4.69, 9.17) is 0 Å². The number of hydrogen-bond acceptors (Lipinski definition) is 2. The average molecular weight is 776 g/mol. The summed E-state index contributed by atoms with van der Waals surface area (Å²) in [5.74, 6) is -0.915. The molecule has 0 aliphatic heterocycles. The Bertz CT molecular complexity index is 528. The molecule has 0 heterocycles. The number of carbonyl (C=O) groups is 1. The van der Waals surface area contributed by atoms with Gasteiger partial charge in [0.1, 0.15) is 0 Å². The van der Waals surface area contributed by atoms with Gasteiger partial charge in [0.2, 0.25) is 0 Å². The molecule has 0 bridgehead atoms. The Balaban J connectivity index is 0. The highest BCUT2D eigenvalue weighted by Crippen LogP contribution is 2.29. The van der Waals surface area contributed by atoms with Crippen molar-refractivity contribution in [1.82, 2.24) is 0 Å². The maximum absolute atomic E-state index is 10.3. The fourth-order valence-corrected chi connectivity index (χ4v) is 6.36. The number of rotatable bonds is 27. The van der Waals surface area contributed by atoms with Crippen molar-refractivity contribution in [2.24, 2.45) is 0 Å². The lowest BCUT2D eigenvalue weighted by atomic mass is 10.1. The topological polar surface area (TPSA) is 40.1 Å². The predicted molar refractivity (Wildman–Crippen MR) is 190 cm³/mol. The fraction of sp³-hybridized carbons (Fsp3) is 0.912. The number of carboxylic acids is 1. The minimum absolute atomic E-state index is 0.216. The molecule has 0 amide bonds. The lowest BCUT2D eigenvalue weighted by Gasteiger charge is -2.39. The zero-order chi connectivity index (χ0) is 29.6. The predicted octanol–water partition coefficient (Wildman–Crippen LogP) is 11.3. The SMILES string of the molecule is CCCCCCCC/C(I)=C(/I)CCCCCCCC(=O)[O-].CCCC[N+](CCCC)(CCCC)CCCC. The summed E-state index contributed by atoms with van der Waals surface area (Å²) in [6.07, 6.45) is 27.3. The third-order valence-corrected chi connectivity index (χ3v) is 11.2. The van der Waals surface area contributed by atoms with E-state index in [0.29, 0.717) is 0 Å². The maximum Gasteiger partial charge on any atom is 0.0786 e. The summed E-state index contributed by atoms with van der Waals surface area (Å²) in [5.41, 5.74) is 0. The van der Waals surface area contributed by atoms with Gasteiger partial charge in [0, 0.05) is 5.97 Å². The normalized spacial score (nSPS) is 12.2. The molecule has 0 spiro atoms. The summed E-state index contributed by atoms with van der Waals surface area (Å²) < 4.78 is 4.50. The lowest BCUT2D eigenvalue weighted by molar-refractivity contribution is -0.929. The van der Waals surface area contributed by atoms with Crippen LogP contribution in [-0.2, 0) is 4.79 Å². The number of carboxylic acid groups (broad SMARTS) is 1. The second-order valence-electron chi connectivity index (χ2n) is 11.6. The van der Waals surface area contributed by atoms with Gasteiger partial charge in [-0.1, -0.05) is 112 Å². The molecule has 0 fully saturated rings. The van der Waals surface area contributed by atoms with Gasteiger partial charge in [-0.15, -0.1) is 0 Å². The van der Waals surface area contributed by atoms with Crippen molar-refractivity contribution in [3.05, 3.63) is 7.16 Å². The molecule has 0 aromatic heterocycles. The first-order chi connectivity index (χ1) is 18.8. The molecular weight excluding hydrogens is 708 g/mol. The molecule has 0 aromatic rings. The Morgan fingerprint density at radius 1 is 0.462 bits per heavy atom. The van der Waals surface area contributed by atoms with E-state index in [1.807, 2.05) is 0 Å². The number of hydrogen-bond donors (Lipinski definition) is 0. The number of halogens is 2. The maximum atomic E-state index is 10.3. The van der Waals surface area contributed by atoms with E-state index in [0.717, 1.165) is 19.3 Å². The van der Waals surface area contributed by atoms with Crippen LogP contribution < -0.4 is 5.11 Å². The summed E-state index contributed by atoms with van der Waals surface area (Å²) >= 11 is 5.02. The van der Waals surface area contributed by atoms with Crippen LogP contribution in [0.1, 0.15) is 176 Å². The Hall–Kier alpha value is 0.630. The third-order valence-electron chi connectivity index (χ3n) is 7.77. The number of unbranched alkanes of at least 4 members (excludes halogenated alkanes) is 13. The summed E-state index contributed by atoms with van der Waals surface area (Å²) in [5, 5.41) is 10.3. The molecule has 0 rings (SSSR count). The van der Waals surface area contributed by atoms with Crippen molar-refractivity contribution in [2.75, 3.05) is 26.2 Å². The first-order valence-electron chi connectivity index (χ1n) is 16.9. The van der Waals surface area contributed by atoms with Crippen LogP contribution in [0, 0.1) is 0 Å². The average Bonchev–Trinajstić information content (AvgIpc) is 2.93. The van der Waals surface area contributed by atoms with Crippen LogP contribution in [0.2, 0.25) is 0 Å². The van der Waals surface area contributed by atoms with Crippen LogP contribution in [0.15, 0.2) is 7.16 Å². The summed E-state index contributed by atoms with van der Waals surface area (Å²) in [7, 11) is 0. The van der Waals surface area contributed by atoms with Gasteiger partial charge in [-0.3, -0.25) is 0 Å². The Kier molecular flexibility index (Phi) is 33.8. The highest BCUT2D eigenvalue weighted by atomic mass is 127. The molecule has 5 heteroatoms. The van der Waals surface area contributed by atoms with Crippen LogP contribution in [0.5, 0.6) is 0 Å². The molecule has 0 N–H and O–H groups in total. The standard InChI is InChI=1S/C18H32I2O2.C16H36N/c1-2-3-4-5-7-10-13-16(19)17(20)14-11-8-6-9-12-15-18(21)22;1-5-9-13-17(14-10-6-2,15-11-7-3)16-12-8-4/h2-15H2,1H3,(H,21,22);5-16H2,1-4H3/q;+1/p-1/b17-16-;. The van der Waals surface area contributed by atoms with E-state index >= 15 is 0 Å². The second-order valence-corrected chi connectivity index (χ2v) is 14.2. The molecule has 0 atom stereocenters. The highest BCUT2D eigenvalue weighted by molar-refractivity contribution is 14.1. The zero-order valence-corrected chi connectivity index (χ0v) is 31.2. The molecular formula is C34H67I2NO2. The Morgan fingerprint density at radius 3 is 1.05 bits per heavy atom. The van der Waals surface area contributed by atoms with Gasteiger partial charge in [-0.25, -0.2) is 0 Å². The van der Waals surface area contributed by atoms with E-state index in [1.165, 1.54) is 150 Å². The van der Waals surface area contributed by atoms with Crippen molar-refractivity contribution in [3.63, 3.8) is 0 Å². The van der Waals surface area contributed by atoms with E-state index in [2.05, 4.69) is 79.8 Å². The molecule has 0 saturated heterocycles. The highest BCUT2D eigenvalue weighted by Gasteiger charge is 2.24. The first-order valence-corrected chi connectivity index (χ1v) is 19.1. The van der Waals surface area contributed by atoms with Crippen LogP contribution in [0.3, 0.4) is 0 Å². The van der Waals surface area contributed by atoms with Crippen LogP contribution in [0.4, 0.5) is 0 Å². The fourth-order valence-electron chi connectivity index (χ4n) is 5.06. The van der Waals surface area contributed by atoms with Gasteiger partial charge in [0.05, 0.1) is 26.2 Å². The zero-order valence-electron chi connectivity index (χ0n) is 26.9. The van der Waals surface area contributed by atoms with Gasteiger partial charge >= 0.3 is 0 Å². The minimum Gasteiger partial charge on any atom is -0.550 e. The molecule has 3 nitrogen and oxygen atoms in total. The number of nitrogens with zero attached hydrogens (tertiary/aromatic N) is 1. The lowest BCUT2D eigenvalue weighted by Crippen LogP contribution is -2.50. The molecule has 0 unspecified atom stereocenters. The Morgan fingerprint density at radius 2 is 0.744 bits per heavy atom. The van der Waals surface area contributed by atoms with Crippen molar-refractivity contribution in [1.29, 1.82) is 0 Å². The van der Waals surface area contributed by atoms with E-state index in [9.17, 15) is 9.90 Å². The largest absolute Gasteiger partial charge is 0.550 e. The van der Waals surface area contributed by atoms with E-state index in [1.54, 1.807) is 3.58 Å². The summed E-state index contributed by atoms with van der Waals surface area (Å²) in [6.45, 7) is 17.3. The summed E-state index contributed by atoms with van der Waals surface area (Å²) in [4.78, 5) is 10.3. The molecule has 0 aliphatic rings. The smallest absolute Gasteiger partial charge is 0.0786 e. The monoisotopic (exact) mass is 775 g/mol. The third kappa shape index (κ3) is 28.5. The van der Waals surface area contributed by atoms with Crippen molar-refractivity contribution in [2.45, 2.75) is 176 Å². The van der Waals surface area contributed by atoms with E-state index < -0.39 is 5.97 Å². The second kappa shape index (κ2) is 31.6. The number of carbonyl (C=O) groups excluding carboxylic acids is 1. The Labute approximate surface area is 273 Å². The van der Waals surface area contributed by atoms with Crippen LogP contribution >= 0.6 is 45.2 Å². The van der Waals surface area contributed by atoms with Crippen molar-refractivity contribution in [3.8, 4) is 0 Å². The molecule has 39 heavy (non-hydrogen) atoms. The van der Waals surface area contributed by atoms with Crippen LogP contribution in [-0.4, -0.2) is 36.6 Å².